The van der Waals surface area contributed by atoms with Gasteiger partial charge in [0.05, 0.1) is 18.6 Å². The molecule has 1 aliphatic carbocycles. The minimum atomic E-state index is -0.752. The first-order valence-electron chi connectivity index (χ1n) is 9.99. The first-order valence-corrected chi connectivity index (χ1v) is 10.9. The average Bonchev–Trinajstić information content (AvgIpc) is 2.59. The second-order valence-electron chi connectivity index (χ2n) is 8.01. The number of rotatable bonds is 9. The van der Waals surface area contributed by atoms with Crippen molar-refractivity contribution < 1.29 is 14.6 Å². The SMILES string of the molecule is CC[C@H](O[C@@H]1C[C@H](C)CC[C@H]1C(C)C)[C@@H](CC(=O)O)Sc1ccccc1. The molecule has 1 aliphatic rings. The molecule has 5 atom stereocenters. The van der Waals surface area contributed by atoms with Crippen LogP contribution in [0.25, 0.3) is 0 Å². The number of benzene rings is 1. The lowest BCUT2D eigenvalue weighted by molar-refractivity contribution is -0.138. The van der Waals surface area contributed by atoms with Crippen molar-refractivity contribution in [2.45, 2.75) is 82.2 Å². The van der Waals surface area contributed by atoms with Gasteiger partial charge in [-0.1, -0.05) is 52.3 Å². The Morgan fingerprint density at radius 1 is 1.27 bits per heavy atom. The Bertz CT molecular complexity index is 546. The Labute approximate surface area is 162 Å². The number of ether oxygens (including phenoxy) is 1. The summed E-state index contributed by atoms with van der Waals surface area (Å²) < 4.78 is 6.64. The fraction of sp³-hybridized carbons (Fsp3) is 0.682. The van der Waals surface area contributed by atoms with Crippen LogP contribution in [0.2, 0.25) is 0 Å². The molecule has 0 unspecified atom stereocenters. The number of carboxylic acid groups (broad SMARTS) is 1. The molecule has 4 heteroatoms. The summed E-state index contributed by atoms with van der Waals surface area (Å²) >= 11 is 1.64. The summed E-state index contributed by atoms with van der Waals surface area (Å²) in [5.41, 5.74) is 0. The Kier molecular flexibility index (Phi) is 8.49. The normalized spacial score (nSPS) is 25.8. The summed E-state index contributed by atoms with van der Waals surface area (Å²) in [4.78, 5) is 12.6. The van der Waals surface area contributed by atoms with Gasteiger partial charge in [0.25, 0.3) is 0 Å². The Hall–Kier alpha value is -1.00. The van der Waals surface area contributed by atoms with Gasteiger partial charge < -0.3 is 9.84 Å². The molecule has 1 N–H and O–H groups in total. The van der Waals surface area contributed by atoms with Crippen molar-refractivity contribution in [1.82, 2.24) is 0 Å². The molecule has 1 fully saturated rings. The monoisotopic (exact) mass is 378 g/mol. The summed E-state index contributed by atoms with van der Waals surface area (Å²) in [6, 6.07) is 10.1. The fourth-order valence-corrected chi connectivity index (χ4v) is 5.34. The zero-order valence-electron chi connectivity index (χ0n) is 16.6. The predicted octanol–water partition coefficient (Wildman–Crippen LogP) is 5.88. The smallest absolute Gasteiger partial charge is 0.304 e. The summed E-state index contributed by atoms with van der Waals surface area (Å²) in [6.45, 7) is 8.99. The number of thioether (sulfide) groups is 1. The molecule has 0 radical (unpaired) electrons. The molecule has 1 aromatic carbocycles. The van der Waals surface area contributed by atoms with E-state index in [-0.39, 0.29) is 23.9 Å². The van der Waals surface area contributed by atoms with E-state index >= 15 is 0 Å². The highest BCUT2D eigenvalue weighted by Gasteiger charge is 2.35. The van der Waals surface area contributed by atoms with E-state index in [1.807, 2.05) is 30.3 Å². The number of hydrogen-bond donors (Lipinski definition) is 1. The maximum absolute atomic E-state index is 11.5. The Morgan fingerprint density at radius 2 is 1.96 bits per heavy atom. The summed E-state index contributed by atoms with van der Waals surface area (Å²) in [5.74, 6) is 1.11. The van der Waals surface area contributed by atoms with E-state index in [2.05, 4.69) is 27.7 Å². The van der Waals surface area contributed by atoms with Crippen molar-refractivity contribution >= 4 is 17.7 Å². The lowest BCUT2D eigenvalue weighted by Crippen LogP contribution is -2.40. The van der Waals surface area contributed by atoms with Crippen LogP contribution in [-0.2, 0) is 9.53 Å². The van der Waals surface area contributed by atoms with Gasteiger partial charge in [-0.3, -0.25) is 4.79 Å². The van der Waals surface area contributed by atoms with Crippen molar-refractivity contribution in [1.29, 1.82) is 0 Å². The van der Waals surface area contributed by atoms with Crippen LogP contribution in [0.15, 0.2) is 35.2 Å². The van der Waals surface area contributed by atoms with Crippen LogP contribution in [0.1, 0.15) is 59.8 Å². The van der Waals surface area contributed by atoms with E-state index in [1.165, 1.54) is 12.8 Å². The lowest BCUT2D eigenvalue weighted by Gasteiger charge is -2.40. The highest BCUT2D eigenvalue weighted by atomic mass is 32.2. The summed E-state index contributed by atoms with van der Waals surface area (Å²) in [5, 5.41) is 9.36. The van der Waals surface area contributed by atoms with E-state index in [9.17, 15) is 9.90 Å². The standard InChI is InChI=1S/C22H34O3S/c1-5-19(25-20-13-16(4)11-12-18(20)15(2)3)21(14-22(23)24)26-17-9-7-6-8-10-17/h6-10,15-16,18-21H,5,11-14H2,1-4H3,(H,23,24)/t16-,18+,19+,20-,21-/m1/s1. The first kappa shape index (κ1) is 21.3. The highest BCUT2D eigenvalue weighted by Crippen LogP contribution is 2.38. The molecule has 0 saturated heterocycles. The van der Waals surface area contributed by atoms with Crippen LogP contribution in [0, 0.1) is 17.8 Å². The molecule has 1 aromatic rings. The van der Waals surface area contributed by atoms with E-state index in [0.29, 0.717) is 17.8 Å². The van der Waals surface area contributed by atoms with Gasteiger partial charge >= 0.3 is 5.97 Å². The Balaban J connectivity index is 2.13. The fourth-order valence-electron chi connectivity index (χ4n) is 4.04. The van der Waals surface area contributed by atoms with Crippen molar-refractivity contribution in [3.05, 3.63) is 30.3 Å². The van der Waals surface area contributed by atoms with Gasteiger partial charge in [0.15, 0.2) is 0 Å². The van der Waals surface area contributed by atoms with Gasteiger partial charge in [-0.25, -0.2) is 0 Å². The molecule has 146 valence electrons. The molecule has 0 spiro atoms. The van der Waals surface area contributed by atoms with E-state index < -0.39 is 5.97 Å². The van der Waals surface area contributed by atoms with Gasteiger partial charge in [-0.05, 0) is 49.1 Å². The maximum atomic E-state index is 11.5. The van der Waals surface area contributed by atoms with Crippen molar-refractivity contribution in [2.24, 2.45) is 17.8 Å². The topological polar surface area (TPSA) is 46.5 Å². The number of hydrogen-bond acceptors (Lipinski definition) is 3. The average molecular weight is 379 g/mol. The van der Waals surface area contributed by atoms with Gasteiger partial charge in [0.2, 0.25) is 0 Å². The molecule has 2 rings (SSSR count). The number of carboxylic acids is 1. The van der Waals surface area contributed by atoms with Crippen LogP contribution in [-0.4, -0.2) is 28.5 Å². The second kappa shape index (κ2) is 10.4. The second-order valence-corrected chi connectivity index (χ2v) is 9.33. The van der Waals surface area contributed by atoms with Gasteiger partial charge in [0.1, 0.15) is 0 Å². The summed E-state index contributed by atoms with van der Waals surface area (Å²) in [6.07, 6.45) is 4.77. The molecular formula is C22H34O3S. The molecule has 0 amide bonds. The first-order chi connectivity index (χ1) is 12.4. The maximum Gasteiger partial charge on any atom is 0.304 e. The van der Waals surface area contributed by atoms with Crippen LogP contribution >= 0.6 is 11.8 Å². The minimum Gasteiger partial charge on any atom is -0.481 e. The zero-order valence-corrected chi connectivity index (χ0v) is 17.4. The predicted molar refractivity (Wildman–Crippen MR) is 109 cm³/mol. The van der Waals surface area contributed by atoms with E-state index in [4.69, 9.17) is 4.74 Å². The molecule has 0 aromatic heterocycles. The lowest BCUT2D eigenvalue weighted by atomic mass is 9.75. The van der Waals surface area contributed by atoms with Crippen molar-refractivity contribution in [3.8, 4) is 0 Å². The third-order valence-corrected chi connectivity index (χ3v) is 6.85. The molecule has 1 saturated carbocycles. The molecular weight excluding hydrogens is 344 g/mol. The third-order valence-electron chi connectivity index (χ3n) is 5.53. The zero-order chi connectivity index (χ0) is 19.1. The summed E-state index contributed by atoms with van der Waals surface area (Å²) in [7, 11) is 0. The minimum absolute atomic E-state index is 0.0344. The van der Waals surface area contributed by atoms with E-state index in [1.54, 1.807) is 11.8 Å². The largest absolute Gasteiger partial charge is 0.481 e. The molecule has 26 heavy (non-hydrogen) atoms. The highest BCUT2D eigenvalue weighted by molar-refractivity contribution is 8.00. The molecule has 3 nitrogen and oxygen atoms in total. The van der Waals surface area contributed by atoms with Crippen LogP contribution in [0.5, 0.6) is 0 Å². The third kappa shape index (κ3) is 6.31. The molecule has 0 heterocycles. The van der Waals surface area contributed by atoms with Crippen LogP contribution in [0.3, 0.4) is 0 Å². The Morgan fingerprint density at radius 3 is 2.54 bits per heavy atom. The van der Waals surface area contributed by atoms with Gasteiger partial charge in [-0.2, -0.15) is 0 Å². The quantitative estimate of drug-likeness (QED) is 0.545. The molecule has 0 aliphatic heterocycles. The van der Waals surface area contributed by atoms with Crippen LogP contribution < -0.4 is 0 Å². The van der Waals surface area contributed by atoms with Gasteiger partial charge in [0, 0.05) is 10.1 Å². The number of carbonyl (C=O) groups is 1. The van der Waals surface area contributed by atoms with Crippen molar-refractivity contribution in [2.75, 3.05) is 0 Å². The van der Waals surface area contributed by atoms with E-state index in [0.717, 1.165) is 17.7 Å². The van der Waals surface area contributed by atoms with Crippen molar-refractivity contribution in [3.63, 3.8) is 0 Å². The van der Waals surface area contributed by atoms with Gasteiger partial charge in [-0.15, -0.1) is 11.8 Å². The van der Waals surface area contributed by atoms with Crippen LogP contribution in [0.4, 0.5) is 0 Å². The number of aliphatic carboxylic acids is 1. The molecule has 0 bridgehead atoms.